The molecule has 114 valence electrons. The number of benzene rings is 1. The molecule has 1 aromatic rings. The fourth-order valence-electron chi connectivity index (χ4n) is 2.53. The van der Waals surface area contributed by atoms with E-state index in [1.165, 1.54) is 38.5 Å². The standard InChI is InChI=1S/C17H27Cl2N/c1-3-5-6-7-8-11-15(20-4-2)13-14-10-9-12-16(18)17(14)19/h9-10,12,15,20H,3-8,11,13H2,1-2H3. The van der Waals surface area contributed by atoms with Crippen molar-refractivity contribution < 1.29 is 0 Å². The van der Waals surface area contributed by atoms with Gasteiger partial charge in [-0.2, -0.15) is 0 Å². The van der Waals surface area contributed by atoms with Gasteiger partial charge in [0.05, 0.1) is 10.0 Å². The lowest BCUT2D eigenvalue weighted by molar-refractivity contribution is 0.461. The Hall–Kier alpha value is -0.240. The van der Waals surface area contributed by atoms with E-state index in [1.807, 2.05) is 12.1 Å². The van der Waals surface area contributed by atoms with Crippen LogP contribution in [0.15, 0.2) is 18.2 Å². The summed E-state index contributed by atoms with van der Waals surface area (Å²) in [5.41, 5.74) is 1.15. The van der Waals surface area contributed by atoms with Crippen LogP contribution >= 0.6 is 23.2 Å². The highest BCUT2D eigenvalue weighted by molar-refractivity contribution is 6.42. The molecule has 0 aliphatic heterocycles. The Kier molecular flexibility index (Phi) is 9.33. The molecular weight excluding hydrogens is 289 g/mol. The van der Waals surface area contributed by atoms with E-state index in [1.54, 1.807) is 0 Å². The molecule has 0 fully saturated rings. The Morgan fingerprint density at radius 3 is 2.50 bits per heavy atom. The lowest BCUT2D eigenvalue weighted by Crippen LogP contribution is -2.31. The van der Waals surface area contributed by atoms with Gasteiger partial charge in [0.1, 0.15) is 0 Å². The van der Waals surface area contributed by atoms with Gasteiger partial charge in [-0.15, -0.1) is 0 Å². The highest BCUT2D eigenvalue weighted by Crippen LogP contribution is 2.27. The third-order valence-electron chi connectivity index (χ3n) is 3.65. The molecule has 0 saturated heterocycles. The molecule has 1 atom stereocenters. The highest BCUT2D eigenvalue weighted by atomic mass is 35.5. The second-order valence-corrected chi connectivity index (χ2v) is 6.16. The zero-order chi connectivity index (χ0) is 14.8. The highest BCUT2D eigenvalue weighted by Gasteiger charge is 2.12. The van der Waals surface area contributed by atoms with Crippen molar-refractivity contribution in [1.29, 1.82) is 0 Å². The summed E-state index contributed by atoms with van der Waals surface area (Å²) in [5, 5.41) is 4.93. The molecule has 0 amide bonds. The molecule has 0 aromatic heterocycles. The quantitative estimate of drug-likeness (QED) is 0.532. The van der Waals surface area contributed by atoms with Crippen LogP contribution < -0.4 is 5.32 Å². The third kappa shape index (κ3) is 6.47. The first kappa shape index (κ1) is 17.8. The van der Waals surface area contributed by atoms with Crippen LogP contribution in [-0.2, 0) is 6.42 Å². The molecular formula is C17H27Cl2N. The van der Waals surface area contributed by atoms with Crippen molar-refractivity contribution in [3.8, 4) is 0 Å². The lowest BCUT2D eigenvalue weighted by Gasteiger charge is -2.19. The summed E-state index contributed by atoms with van der Waals surface area (Å²) < 4.78 is 0. The molecule has 0 aliphatic carbocycles. The molecule has 1 N–H and O–H groups in total. The smallest absolute Gasteiger partial charge is 0.0624 e. The molecule has 0 aliphatic rings. The van der Waals surface area contributed by atoms with Crippen LogP contribution in [0.25, 0.3) is 0 Å². The van der Waals surface area contributed by atoms with E-state index in [4.69, 9.17) is 23.2 Å². The monoisotopic (exact) mass is 315 g/mol. The first-order chi connectivity index (χ1) is 9.69. The average Bonchev–Trinajstić information content (AvgIpc) is 2.43. The fraction of sp³-hybridized carbons (Fsp3) is 0.647. The number of halogens is 2. The van der Waals surface area contributed by atoms with Crippen LogP contribution in [0.3, 0.4) is 0 Å². The number of rotatable bonds is 10. The second-order valence-electron chi connectivity index (χ2n) is 5.37. The van der Waals surface area contributed by atoms with E-state index >= 15 is 0 Å². The molecule has 0 radical (unpaired) electrons. The fourth-order valence-corrected chi connectivity index (χ4v) is 2.93. The maximum Gasteiger partial charge on any atom is 0.0624 e. The predicted octanol–water partition coefficient (Wildman–Crippen LogP) is 5.87. The van der Waals surface area contributed by atoms with Gasteiger partial charge in [0.15, 0.2) is 0 Å². The van der Waals surface area contributed by atoms with Gasteiger partial charge in [-0.05, 0) is 31.0 Å². The molecule has 1 nitrogen and oxygen atoms in total. The number of likely N-dealkylation sites (N-methyl/N-ethyl adjacent to an activating group) is 1. The van der Waals surface area contributed by atoms with E-state index in [-0.39, 0.29) is 0 Å². The van der Waals surface area contributed by atoms with Crippen molar-refractivity contribution >= 4 is 23.2 Å². The topological polar surface area (TPSA) is 12.0 Å². The average molecular weight is 316 g/mol. The predicted molar refractivity (Wildman–Crippen MR) is 91.0 cm³/mol. The first-order valence-corrected chi connectivity index (χ1v) is 8.60. The second kappa shape index (κ2) is 10.5. The summed E-state index contributed by atoms with van der Waals surface area (Å²) in [5.74, 6) is 0. The Morgan fingerprint density at radius 2 is 1.80 bits per heavy atom. The van der Waals surface area contributed by atoms with Gasteiger partial charge in [0.25, 0.3) is 0 Å². The first-order valence-electron chi connectivity index (χ1n) is 7.85. The van der Waals surface area contributed by atoms with E-state index in [9.17, 15) is 0 Å². The van der Waals surface area contributed by atoms with Crippen LogP contribution in [0.2, 0.25) is 10.0 Å². The van der Waals surface area contributed by atoms with Gasteiger partial charge in [-0.25, -0.2) is 0 Å². The van der Waals surface area contributed by atoms with Crippen molar-refractivity contribution in [3.63, 3.8) is 0 Å². The Labute approximate surface area is 134 Å². The van der Waals surface area contributed by atoms with Crippen LogP contribution in [-0.4, -0.2) is 12.6 Å². The van der Waals surface area contributed by atoms with Crippen LogP contribution in [0, 0.1) is 0 Å². The van der Waals surface area contributed by atoms with Crippen molar-refractivity contribution in [2.45, 2.75) is 64.8 Å². The summed E-state index contributed by atoms with van der Waals surface area (Å²) in [6, 6.07) is 6.40. The zero-order valence-electron chi connectivity index (χ0n) is 12.7. The summed E-state index contributed by atoms with van der Waals surface area (Å²) in [6.07, 6.45) is 8.80. The van der Waals surface area contributed by atoms with E-state index in [2.05, 4.69) is 25.2 Å². The minimum Gasteiger partial charge on any atom is -0.314 e. The van der Waals surface area contributed by atoms with Crippen molar-refractivity contribution in [2.24, 2.45) is 0 Å². The zero-order valence-corrected chi connectivity index (χ0v) is 14.2. The maximum absolute atomic E-state index is 6.28. The minimum atomic E-state index is 0.498. The van der Waals surface area contributed by atoms with Crippen molar-refractivity contribution in [1.82, 2.24) is 5.32 Å². The molecule has 3 heteroatoms. The summed E-state index contributed by atoms with van der Waals surface area (Å²) in [7, 11) is 0. The van der Waals surface area contributed by atoms with E-state index in [0.29, 0.717) is 16.1 Å². The summed E-state index contributed by atoms with van der Waals surface area (Å²) in [4.78, 5) is 0. The Balaban J connectivity index is 2.47. The van der Waals surface area contributed by atoms with Gasteiger partial charge in [0, 0.05) is 6.04 Å². The van der Waals surface area contributed by atoms with Gasteiger partial charge in [-0.1, -0.05) is 81.3 Å². The molecule has 0 spiro atoms. The number of hydrogen-bond donors (Lipinski definition) is 1. The van der Waals surface area contributed by atoms with Crippen molar-refractivity contribution in [2.75, 3.05) is 6.54 Å². The van der Waals surface area contributed by atoms with Crippen LogP contribution in [0.5, 0.6) is 0 Å². The van der Waals surface area contributed by atoms with Gasteiger partial charge in [-0.3, -0.25) is 0 Å². The molecule has 1 rings (SSSR count). The number of unbranched alkanes of at least 4 members (excludes halogenated alkanes) is 4. The van der Waals surface area contributed by atoms with E-state index < -0.39 is 0 Å². The van der Waals surface area contributed by atoms with Gasteiger partial charge in [0.2, 0.25) is 0 Å². The number of nitrogens with one attached hydrogen (secondary N) is 1. The molecule has 1 unspecified atom stereocenters. The maximum atomic E-state index is 6.28. The van der Waals surface area contributed by atoms with Crippen LogP contribution in [0.4, 0.5) is 0 Å². The number of hydrogen-bond acceptors (Lipinski definition) is 1. The normalized spacial score (nSPS) is 12.6. The molecule has 0 saturated carbocycles. The Bertz CT molecular complexity index is 379. The molecule has 0 heterocycles. The third-order valence-corrected chi connectivity index (χ3v) is 4.50. The van der Waals surface area contributed by atoms with Crippen LogP contribution in [0.1, 0.15) is 57.9 Å². The SMILES string of the molecule is CCCCCCCC(Cc1cccc(Cl)c1Cl)NCC. The minimum absolute atomic E-state index is 0.498. The molecule has 1 aromatic carbocycles. The molecule has 20 heavy (non-hydrogen) atoms. The van der Waals surface area contributed by atoms with Gasteiger partial charge < -0.3 is 5.32 Å². The molecule has 0 bridgehead atoms. The summed E-state index contributed by atoms with van der Waals surface area (Å²) in [6.45, 7) is 5.41. The van der Waals surface area contributed by atoms with E-state index in [0.717, 1.165) is 18.5 Å². The lowest BCUT2D eigenvalue weighted by atomic mass is 9.99. The summed E-state index contributed by atoms with van der Waals surface area (Å²) >= 11 is 12.4. The Morgan fingerprint density at radius 1 is 1.05 bits per heavy atom. The van der Waals surface area contributed by atoms with Gasteiger partial charge >= 0.3 is 0 Å². The largest absolute Gasteiger partial charge is 0.314 e. The van der Waals surface area contributed by atoms with Crippen molar-refractivity contribution in [3.05, 3.63) is 33.8 Å².